The molecule has 0 spiro atoms. The van der Waals surface area contributed by atoms with Gasteiger partial charge >= 0.3 is 12.3 Å². The van der Waals surface area contributed by atoms with Gasteiger partial charge in [0.05, 0.1) is 16.1 Å². The van der Waals surface area contributed by atoms with Crippen LogP contribution in [0.25, 0.3) is 0 Å². The van der Waals surface area contributed by atoms with E-state index in [2.05, 4.69) is 4.98 Å². The Morgan fingerprint density at radius 2 is 1.65 bits per heavy atom. The molecule has 1 unspecified atom stereocenters. The number of benzene rings is 2. The summed E-state index contributed by atoms with van der Waals surface area (Å²) in [6, 6.07) is 15.7. The average Bonchev–Trinajstić information content (AvgIpc) is 2.72. The van der Waals surface area contributed by atoms with Gasteiger partial charge in [-0.25, -0.2) is 13.2 Å². The molecule has 0 saturated carbocycles. The zero-order chi connectivity index (χ0) is 22.6. The number of hydrogen-bond donors (Lipinski definition) is 1. The van der Waals surface area contributed by atoms with Gasteiger partial charge in [0.1, 0.15) is 5.82 Å². The normalized spacial score (nSPS) is 13.9. The van der Waals surface area contributed by atoms with Gasteiger partial charge in [0, 0.05) is 19.2 Å². The fraction of sp³-hybridized carbons (Fsp3) is 0.261. The highest BCUT2D eigenvalue weighted by molar-refractivity contribution is 6.30. The molecule has 8 heteroatoms. The third kappa shape index (κ3) is 5.22. The van der Waals surface area contributed by atoms with Gasteiger partial charge in [-0.2, -0.15) is 8.78 Å². The first-order chi connectivity index (χ1) is 14.7. The zero-order valence-corrected chi connectivity index (χ0v) is 17.1. The van der Waals surface area contributed by atoms with Crippen LogP contribution in [0, 0.1) is 5.82 Å². The summed E-state index contributed by atoms with van der Waals surface area (Å²) in [5.74, 6) is -5.11. The minimum absolute atomic E-state index is 0.0370. The van der Waals surface area contributed by atoms with E-state index in [0.717, 1.165) is 11.6 Å². The quantitative estimate of drug-likeness (QED) is 0.437. The van der Waals surface area contributed by atoms with Gasteiger partial charge in [-0.3, -0.25) is 4.98 Å². The molecular formula is C23H20ClF5N2. The number of nitrogens with zero attached hydrogens (tertiary/aromatic N) is 1. The Morgan fingerprint density at radius 1 is 0.935 bits per heavy atom. The van der Waals surface area contributed by atoms with E-state index in [1.807, 2.05) is 30.3 Å². The van der Waals surface area contributed by atoms with Crippen molar-refractivity contribution in [3.05, 3.63) is 100 Å². The van der Waals surface area contributed by atoms with Crippen molar-refractivity contribution in [2.45, 2.75) is 30.6 Å². The molecule has 0 bridgehead atoms. The Hall–Kier alpha value is -2.51. The van der Waals surface area contributed by atoms with E-state index in [1.54, 1.807) is 12.1 Å². The van der Waals surface area contributed by atoms with Crippen molar-refractivity contribution >= 4 is 11.6 Å². The Morgan fingerprint density at radius 3 is 2.23 bits per heavy atom. The summed E-state index contributed by atoms with van der Waals surface area (Å²) in [4.78, 5) is 4.35. The SMILES string of the molecule is NCC(Cc1ccccc1)(c1cc(F)cc(CC(F)(F)C(F)F)c1)c1ccc(Cl)cn1. The van der Waals surface area contributed by atoms with E-state index in [1.165, 1.54) is 18.3 Å². The molecule has 1 aromatic heterocycles. The number of alkyl halides is 4. The van der Waals surface area contributed by atoms with Crippen LogP contribution < -0.4 is 5.73 Å². The summed E-state index contributed by atoms with van der Waals surface area (Å²) in [5.41, 5.74) is 6.41. The molecule has 0 aliphatic carbocycles. The monoisotopic (exact) mass is 454 g/mol. The summed E-state index contributed by atoms with van der Waals surface area (Å²) in [6.07, 6.45) is -3.46. The molecule has 0 aliphatic rings. The lowest BCUT2D eigenvalue weighted by atomic mass is 9.72. The third-order valence-electron chi connectivity index (χ3n) is 5.18. The maximum atomic E-state index is 14.5. The smallest absolute Gasteiger partial charge is 0.311 e. The van der Waals surface area contributed by atoms with Crippen molar-refractivity contribution in [1.82, 2.24) is 4.98 Å². The number of nitrogens with two attached hydrogens (primary N) is 1. The molecule has 1 atom stereocenters. The van der Waals surface area contributed by atoms with Crippen molar-refractivity contribution < 1.29 is 22.0 Å². The lowest BCUT2D eigenvalue weighted by molar-refractivity contribution is -0.127. The standard InChI is InChI=1S/C23H20ClF5N2/c24-18-6-7-20(31-13-18)22(14-30,11-15-4-2-1-3-5-15)17-8-16(9-19(25)10-17)12-23(28,29)21(26)27/h1-10,13,21H,11-12,14,30H2. The molecule has 1 heterocycles. The fourth-order valence-corrected chi connectivity index (χ4v) is 3.73. The fourth-order valence-electron chi connectivity index (χ4n) is 3.62. The van der Waals surface area contributed by atoms with Gasteiger partial charge in [-0.15, -0.1) is 0 Å². The van der Waals surface area contributed by atoms with Crippen LogP contribution in [0.2, 0.25) is 5.02 Å². The Kier molecular flexibility index (Phi) is 6.96. The van der Waals surface area contributed by atoms with E-state index < -0.39 is 30.0 Å². The van der Waals surface area contributed by atoms with Crippen LogP contribution >= 0.6 is 11.6 Å². The second-order valence-electron chi connectivity index (χ2n) is 7.40. The average molecular weight is 455 g/mol. The number of hydrogen-bond acceptors (Lipinski definition) is 2. The van der Waals surface area contributed by atoms with Crippen molar-refractivity contribution in [2.24, 2.45) is 5.73 Å². The van der Waals surface area contributed by atoms with Crippen LogP contribution in [0.15, 0.2) is 66.9 Å². The summed E-state index contributed by atoms with van der Waals surface area (Å²) in [7, 11) is 0. The second-order valence-corrected chi connectivity index (χ2v) is 7.83. The van der Waals surface area contributed by atoms with Crippen molar-refractivity contribution in [1.29, 1.82) is 0 Å². The summed E-state index contributed by atoms with van der Waals surface area (Å²) >= 11 is 5.96. The molecule has 0 saturated heterocycles. The third-order valence-corrected chi connectivity index (χ3v) is 5.41. The zero-order valence-electron chi connectivity index (χ0n) is 16.3. The van der Waals surface area contributed by atoms with Crippen LogP contribution in [-0.4, -0.2) is 23.9 Å². The molecule has 0 fully saturated rings. The maximum absolute atomic E-state index is 14.5. The summed E-state index contributed by atoms with van der Waals surface area (Å²) in [6.45, 7) is -0.0370. The lowest BCUT2D eigenvalue weighted by Gasteiger charge is -2.34. The molecule has 2 nitrogen and oxygen atoms in total. The number of halogens is 6. The highest BCUT2D eigenvalue weighted by Gasteiger charge is 2.41. The minimum Gasteiger partial charge on any atom is -0.329 e. The first-order valence-electron chi connectivity index (χ1n) is 9.48. The first kappa shape index (κ1) is 23.2. The van der Waals surface area contributed by atoms with Crippen LogP contribution in [0.4, 0.5) is 22.0 Å². The van der Waals surface area contributed by atoms with Crippen LogP contribution in [0.3, 0.4) is 0 Å². The van der Waals surface area contributed by atoms with Gasteiger partial charge < -0.3 is 5.73 Å². The predicted molar refractivity (Wildman–Crippen MR) is 110 cm³/mol. The van der Waals surface area contributed by atoms with E-state index in [9.17, 15) is 22.0 Å². The van der Waals surface area contributed by atoms with E-state index in [-0.39, 0.29) is 24.1 Å². The van der Waals surface area contributed by atoms with Crippen molar-refractivity contribution in [2.75, 3.05) is 6.54 Å². The predicted octanol–water partition coefficient (Wildman–Crippen LogP) is 5.80. The van der Waals surface area contributed by atoms with Crippen molar-refractivity contribution in [3.63, 3.8) is 0 Å². The Balaban J connectivity index is 2.16. The minimum atomic E-state index is -4.28. The molecule has 2 N–H and O–H groups in total. The molecule has 3 rings (SSSR count). The molecule has 0 radical (unpaired) electrons. The van der Waals surface area contributed by atoms with Gasteiger partial charge in [0.25, 0.3) is 0 Å². The largest absolute Gasteiger partial charge is 0.329 e. The van der Waals surface area contributed by atoms with Crippen LogP contribution in [0.1, 0.15) is 22.4 Å². The second kappa shape index (κ2) is 9.32. The topological polar surface area (TPSA) is 38.9 Å². The molecule has 31 heavy (non-hydrogen) atoms. The number of aromatic nitrogens is 1. The van der Waals surface area contributed by atoms with Gasteiger partial charge in [-0.1, -0.05) is 48.0 Å². The summed E-state index contributed by atoms with van der Waals surface area (Å²) in [5, 5.41) is 0.380. The first-order valence-corrected chi connectivity index (χ1v) is 9.86. The van der Waals surface area contributed by atoms with E-state index in [4.69, 9.17) is 17.3 Å². The molecule has 0 aliphatic heterocycles. The Bertz CT molecular complexity index is 1010. The van der Waals surface area contributed by atoms with E-state index >= 15 is 0 Å². The van der Waals surface area contributed by atoms with Crippen LogP contribution in [-0.2, 0) is 18.3 Å². The van der Waals surface area contributed by atoms with Crippen molar-refractivity contribution in [3.8, 4) is 0 Å². The highest BCUT2D eigenvalue weighted by atomic mass is 35.5. The van der Waals surface area contributed by atoms with Gasteiger partial charge in [0.2, 0.25) is 0 Å². The van der Waals surface area contributed by atoms with E-state index in [0.29, 0.717) is 10.7 Å². The molecule has 0 amide bonds. The molecular weight excluding hydrogens is 435 g/mol. The maximum Gasteiger partial charge on any atom is 0.311 e. The lowest BCUT2D eigenvalue weighted by Crippen LogP contribution is -2.40. The summed E-state index contributed by atoms with van der Waals surface area (Å²) < 4.78 is 67.2. The number of rotatable bonds is 8. The molecule has 3 aromatic rings. The number of pyridine rings is 1. The van der Waals surface area contributed by atoms with Gasteiger partial charge in [-0.05, 0) is 47.4 Å². The Labute approximate surface area is 181 Å². The van der Waals surface area contributed by atoms with Gasteiger partial charge in [0.15, 0.2) is 0 Å². The highest BCUT2D eigenvalue weighted by Crippen LogP contribution is 2.37. The molecule has 2 aromatic carbocycles. The molecule has 164 valence electrons. The van der Waals surface area contributed by atoms with Crippen LogP contribution in [0.5, 0.6) is 0 Å².